The molecule has 1 heterocycles. The number of aromatic nitrogens is 2. The third kappa shape index (κ3) is 5.37. The number of nitrogens with zero attached hydrogens (tertiary/aromatic N) is 3. The molecular formula is C16H18N4O2S. The Balaban J connectivity index is 1.92. The predicted molar refractivity (Wildman–Crippen MR) is 90.7 cm³/mol. The Kier molecular flexibility index (Phi) is 5.70. The van der Waals surface area contributed by atoms with Crippen LogP contribution in [0.4, 0.5) is 0 Å². The van der Waals surface area contributed by atoms with Crippen molar-refractivity contribution in [1.82, 2.24) is 15.4 Å². The average molecular weight is 330 g/mol. The number of aromatic hydroxyl groups is 1. The third-order valence-electron chi connectivity index (χ3n) is 2.87. The molecule has 0 spiro atoms. The van der Waals surface area contributed by atoms with Gasteiger partial charge in [-0.05, 0) is 44.5 Å². The van der Waals surface area contributed by atoms with Gasteiger partial charge in [0, 0.05) is 11.4 Å². The van der Waals surface area contributed by atoms with E-state index in [-0.39, 0.29) is 16.9 Å². The lowest BCUT2D eigenvalue weighted by Crippen LogP contribution is -2.27. The van der Waals surface area contributed by atoms with Gasteiger partial charge in [0.2, 0.25) is 0 Å². The van der Waals surface area contributed by atoms with E-state index in [4.69, 9.17) is 0 Å². The zero-order valence-electron chi connectivity index (χ0n) is 13.1. The average Bonchev–Trinajstić information content (AvgIpc) is 2.46. The number of hydrogen-bond acceptors (Lipinski definition) is 6. The number of carbonyl (C=O) groups is 1. The van der Waals surface area contributed by atoms with Crippen LogP contribution in [0.1, 0.15) is 23.9 Å². The number of aryl methyl sites for hydroxylation is 2. The topological polar surface area (TPSA) is 87.5 Å². The summed E-state index contributed by atoms with van der Waals surface area (Å²) in [7, 11) is 0. The van der Waals surface area contributed by atoms with Crippen LogP contribution in [0.5, 0.6) is 5.75 Å². The Hall–Kier alpha value is -2.41. The maximum absolute atomic E-state index is 12.0. The van der Waals surface area contributed by atoms with Gasteiger partial charge in [-0.2, -0.15) is 5.10 Å². The number of hydrogen-bond donors (Lipinski definition) is 2. The minimum Gasteiger partial charge on any atom is -0.508 e. The fraction of sp³-hybridized carbons (Fsp3) is 0.250. The molecule has 2 N–H and O–H groups in total. The monoisotopic (exact) mass is 330 g/mol. The summed E-state index contributed by atoms with van der Waals surface area (Å²) in [4.78, 5) is 20.6. The highest BCUT2D eigenvalue weighted by molar-refractivity contribution is 8.00. The molecule has 1 aromatic carbocycles. The maximum atomic E-state index is 12.0. The van der Waals surface area contributed by atoms with Gasteiger partial charge >= 0.3 is 0 Å². The molecule has 7 heteroatoms. The molecule has 0 radical (unpaired) electrons. The fourth-order valence-corrected chi connectivity index (χ4v) is 2.69. The van der Waals surface area contributed by atoms with E-state index in [2.05, 4.69) is 20.5 Å². The summed E-state index contributed by atoms with van der Waals surface area (Å²) in [6, 6.07) is 8.48. The van der Waals surface area contributed by atoms with E-state index < -0.39 is 0 Å². The van der Waals surface area contributed by atoms with Crippen LogP contribution in [0.3, 0.4) is 0 Å². The third-order valence-corrected chi connectivity index (χ3v) is 3.83. The van der Waals surface area contributed by atoms with Crippen molar-refractivity contribution in [2.45, 2.75) is 31.2 Å². The van der Waals surface area contributed by atoms with Crippen molar-refractivity contribution >= 4 is 23.9 Å². The summed E-state index contributed by atoms with van der Waals surface area (Å²) in [6.45, 7) is 5.55. The van der Waals surface area contributed by atoms with Crippen molar-refractivity contribution in [1.29, 1.82) is 0 Å². The highest BCUT2D eigenvalue weighted by Gasteiger charge is 2.15. The number of rotatable bonds is 5. The van der Waals surface area contributed by atoms with Crippen molar-refractivity contribution in [3.05, 3.63) is 47.3 Å². The molecule has 23 heavy (non-hydrogen) atoms. The molecule has 1 unspecified atom stereocenters. The van der Waals surface area contributed by atoms with E-state index >= 15 is 0 Å². The molecule has 0 saturated carbocycles. The Morgan fingerprint density at radius 2 is 2.00 bits per heavy atom. The predicted octanol–water partition coefficient (Wildman–Crippen LogP) is 2.43. The van der Waals surface area contributed by atoms with Crippen molar-refractivity contribution in [2.75, 3.05) is 0 Å². The van der Waals surface area contributed by atoms with Crippen LogP contribution >= 0.6 is 11.8 Å². The Bertz CT molecular complexity index is 714. The van der Waals surface area contributed by atoms with Crippen molar-refractivity contribution in [3.63, 3.8) is 0 Å². The van der Waals surface area contributed by atoms with Gasteiger partial charge in [-0.1, -0.05) is 23.9 Å². The van der Waals surface area contributed by atoms with Gasteiger partial charge in [0.25, 0.3) is 5.91 Å². The number of amides is 1. The summed E-state index contributed by atoms with van der Waals surface area (Å²) in [5, 5.41) is 13.4. The lowest BCUT2D eigenvalue weighted by molar-refractivity contribution is -0.120. The molecule has 1 aromatic heterocycles. The number of phenols is 1. The molecule has 2 aromatic rings. The van der Waals surface area contributed by atoms with Gasteiger partial charge in [-0.3, -0.25) is 4.79 Å². The number of hydrazone groups is 1. The minimum absolute atomic E-state index is 0.149. The first-order valence-electron chi connectivity index (χ1n) is 7.05. The summed E-state index contributed by atoms with van der Waals surface area (Å²) in [5.41, 5.74) is 4.91. The largest absolute Gasteiger partial charge is 0.508 e. The first-order valence-corrected chi connectivity index (χ1v) is 7.93. The molecule has 0 bridgehead atoms. The maximum Gasteiger partial charge on any atom is 0.253 e. The molecule has 2 rings (SSSR count). The quantitative estimate of drug-likeness (QED) is 0.380. The van der Waals surface area contributed by atoms with Crippen LogP contribution in [0.15, 0.2) is 40.6 Å². The highest BCUT2D eigenvalue weighted by Crippen LogP contribution is 2.20. The van der Waals surface area contributed by atoms with E-state index in [9.17, 15) is 9.90 Å². The summed E-state index contributed by atoms with van der Waals surface area (Å²) in [6.07, 6.45) is 1.47. The van der Waals surface area contributed by atoms with E-state index in [0.29, 0.717) is 10.7 Å². The summed E-state index contributed by atoms with van der Waals surface area (Å²) in [5.74, 6) is -0.0923. The number of benzene rings is 1. The highest BCUT2D eigenvalue weighted by atomic mass is 32.2. The van der Waals surface area contributed by atoms with Crippen LogP contribution in [-0.4, -0.2) is 32.4 Å². The Morgan fingerprint density at radius 3 is 2.65 bits per heavy atom. The smallest absolute Gasteiger partial charge is 0.253 e. The van der Waals surface area contributed by atoms with Crippen LogP contribution in [0.2, 0.25) is 0 Å². The second-order valence-electron chi connectivity index (χ2n) is 5.02. The van der Waals surface area contributed by atoms with Gasteiger partial charge in [0.05, 0.1) is 11.5 Å². The molecule has 6 nitrogen and oxygen atoms in total. The molecule has 1 amide bonds. The second kappa shape index (κ2) is 7.73. The number of nitrogens with one attached hydrogen (secondary N) is 1. The van der Waals surface area contributed by atoms with Crippen LogP contribution in [-0.2, 0) is 4.79 Å². The number of phenolic OH excluding ortho intramolecular Hbond substituents is 1. The van der Waals surface area contributed by atoms with Gasteiger partial charge in [0.15, 0.2) is 5.16 Å². The molecule has 120 valence electrons. The molecule has 0 saturated heterocycles. The van der Waals surface area contributed by atoms with Gasteiger partial charge in [-0.15, -0.1) is 0 Å². The molecular weight excluding hydrogens is 312 g/mol. The molecule has 0 fully saturated rings. The van der Waals surface area contributed by atoms with Gasteiger partial charge in [0.1, 0.15) is 5.75 Å². The van der Waals surface area contributed by atoms with Crippen molar-refractivity contribution < 1.29 is 9.90 Å². The molecule has 0 aliphatic heterocycles. The normalized spacial score (nSPS) is 12.3. The van der Waals surface area contributed by atoms with E-state index in [1.807, 2.05) is 19.9 Å². The SMILES string of the molecule is Cc1cc(C)nc(SC(C)C(=O)NN=Cc2cccc(O)c2)n1. The summed E-state index contributed by atoms with van der Waals surface area (Å²) < 4.78 is 0. The first-order chi connectivity index (χ1) is 10.9. The lowest BCUT2D eigenvalue weighted by Gasteiger charge is -2.09. The van der Waals surface area contributed by atoms with E-state index in [1.54, 1.807) is 31.2 Å². The van der Waals surface area contributed by atoms with Gasteiger partial charge < -0.3 is 5.11 Å². The zero-order chi connectivity index (χ0) is 16.8. The first kappa shape index (κ1) is 17.0. The minimum atomic E-state index is -0.377. The Morgan fingerprint density at radius 1 is 1.30 bits per heavy atom. The van der Waals surface area contributed by atoms with Gasteiger partial charge in [-0.25, -0.2) is 15.4 Å². The second-order valence-corrected chi connectivity index (χ2v) is 6.33. The molecule has 0 aliphatic carbocycles. The van der Waals surface area contributed by atoms with Crippen LogP contribution < -0.4 is 5.43 Å². The van der Waals surface area contributed by atoms with Crippen molar-refractivity contribution in [3.8, 4) is 5.75 Å². The Labute approximate surface area is 139 Å². The fourth-order valence-electron chi connectivity index (χ4n) is 1.82. The van der Waals surface area contributed by atoms with Crippen molar-refractivity contribution in [2.24, 2.45) is 5.10 Å². The number of thioether (sulfide) groups is 1. The molecule has 1 atom stereocenters. The lowest BCUT2D eigenvalue weighted by atomic mass is 10.2. The van der Waals surface area contributed by atoms with Crippen LogP contribution in [0.25, 0.3) is 0 Å². The molecule has 0 aliphatic rings. The van der Waals surface area contributed by atoms with E-state index in [1.165, 1.54) is 18.0 Å². The van der Waals surface area contributed by atoms with E-state index in [0.717, 1.165) is 11.4 Å². The van der Waals surface area contributed by atoms with Crippen LogP contribution in [0, 0.1) is 13.8 Å². The standard InChI is InChI=1S/C16H18N4O2S/c1-10-7-11(2)19-16(18-10)23-12(3)15(22)20-17-9-13-5-4-6-14(21)8-13/h4-9,12,21H,1-3H3,(H,20,22). The zero-order valence-corrected chi connectivity index (χ0v) is 14.0. The number of carbonyl (C=O) groups excluding carboxylic acids is 1. The summed E-state index contributed by atoms with van der Waals surface area (Å²) >= 11 is 1.28.